The van der Waals surface area contributed by atoms with Crippen LogP contribution in [0.25, 0.3) is 0 Å². The molecule has 0 aliphatic heterocycles. The number of nitrogens with one attached hydrogen (secondary N) is 1. The summed E-state index contributed by atoms with van der Waals surface area (Å²) in [7, 11) is 0. The third kappa shape index (κ3) is 4.35. The smallest absolute Gasteiger partial charge is 0.0292 e. The highest BCUT2D eigenvalue weighted by Gasteiger charge is 2.06. The molecule has 1 nitrogen and oxygen atoms in total. The van der Waals surface area contributed by atoms with Gasteiger partial charge in [0.05, 0.1) is 0 Å². The fourth-order valence-electron chi connectivity index (χ4n) is 1.42. The number of halogens is 1. The lowest BCUT2D eigenvalue weighted by Crippen LogP contribution is -2.24. The highest BCUT2D eigenvalue weighted by Crippen LogP contribution is 2.18. The van der Waals surface area contributed by atoms with Crippen molar-refractivity contribution >= 4 is 15.9 Å². The van der Waals surface area contributed by atoms with E-state index in [1.165, 1.54) is 12.0 Å². The SMILES string of the molecule is CCC(C)CNC(C)c1cccc(Br)c1. The van der Waals surface area contributed by atoms with Gasteiger partial charge < -0.3 is 5.32 Å². The monoisotopic (exact) mass is 269 g/mol. The summed E-state index contributed by atoms with van der Waals surface area (Å²) in [6, 6.07) is 8.91. The van der Waals surface area contributed by atoms with Crippen LogP contribution in [0.4, 0.5) is 0 Å². The van der Waals surface area contributed by atoms with Crippen molar-refractivity contribution in [3.8, 4) is 0 Å². The molecule has 1 N–H and O–H groups in total. The Hall–Kier alpha value is -0.340. The van der Waals surface area contributed by atoms with Gasteiger partial charge in [0.1, 0.15) is 0 Å². The molecule has 0 amide bonds. The van der Waals surface area contributed by atoms with Crippen molar-refractivity contribution in [1.29, 1.82) is 0 Å². The van der Waals surface area contributed by atoms with Gasteiger partial charge in [0.15, 0.2) is 0 Å². The molecule has 0 heterocycles. The second kappa shape index (κ2) is 6.29. The Balaban J connectivity index is 2.50. The van der Waals surface area contributed by atoms with Crippen LogP contribution in [0.3, 0.4) is 0 Å². The molecular weight excluding hydrogens is 250 g/mol. The maximum Gasteiger partial charge on any atom is 0.0292 e. The number of hydrogen-bond acceptors (Lipinski definition) is 1. The Morgan fingerprint density at radius 2 is 2.07 bits per heavy atom. The minimum atomic E-state index is 0.427. The number of hydrogen-bond donors (Lipinski definition) is 1. The molecule has 0 saturated heterocycles. The van der Waals surface area contributed by atoms with E-state index in [1.54, 1.807) is 0 Å². The first-order chi connectivity index (χ1) is 7.13. The molecule has 0 saturated carbocycles. The van der Waals surface area contributed by atoms with E-state index in [2.05, 4.69) is 66.3 Å². The van der Waals surface area contributed by atoms with Gasteiger partial charge in [-0.25, -0.2) is 0 Å². The molecule has 1 aromatic rings. The maximum absolute atomic E-state index is 3.56. The minimum absolute atomic E-state index is 0.427. The zero-order chi connectivity index (χ0) is 11.3. The van der Waals surface area contributed by atoms with E-state index in [1.807, 2.05) is 0 Å². The van der Waals surface area contributed by atoms with Crippen molar-refractivity contribution in [3.63, 3.8) is 0 Å². The van der Waals surface area contributed by atoms with Gasteiger partial charge in [0.25, 0.3) is 0 Å². The van der Waals surface area contributed by atoms with Crippen LogP contribution in [-0.2, 0) is 0 Å². The zero-order valence-electron chi connectivity index (χ0n) is 9.76. The molecule has 0 fully saturated rings. The molecule has 2 heteroatoms. The summed E-state index contributed by atoms with van der Waals surface area (Å²) < 4.78 is 1.15. The second-order valence-corrected chi connectivity index (χ2v) is 5.11. The van der Waals surface area contributed by atoms with Crippen molar-refractivity contribution in [2.75, 3.05) is 6.54 Å². The number of rotatable bonds is 5. The van der Waals surface area contributed by atoms with Crippen LogP contribution >= 0.6 is 15.9 Å². The molecule has 1 rings (SSSR count). The quantitative estimate of drug-likeness (QED) is 0.847. The van der Waals surface area contributed by atoms with E-state index in [0.29, 0.717) is 6.04 Å². The second-order valence-electron chi connectivity index (χ2n) is 4.20. The number of benzene rings is 1. The van der Waals surface area contributed by atoms with E-state index in [0.717, 1.165) is 16.9 Å². The Morgan fingerprint density at radius 3 is 2.67 bits per heavy atom. The van der Waals surface area contributed by atoms with Gasteiger partial charge in [-0.15, -0.1) is 0 Å². The van der Waals surface area contributed by atoms with Crippen LogP contribution < -0.4 is 5.32 Å². The van der Waals surface area contributed by atoms with Crippen LogP contribution in [0.5, 0.6) is 0 Å². The first-order valence-corrected chi connectivity index (χ1v) is 6.41. The summed E-state index contributed by atoms with van der Waals surface area (Å²) in [5.41, 5.74) is 1.34. The molecule has 0 spiro atoms. The largest absolute Gasteiger partial charge is 0.310 e. The molecule has 0 radical (unpaired) electrons. The average Bonchev–Trinajstić information content (AvgIpc) is 2.25. The average molecular weight is 270 g/mol. The van der Waals surface area contributed by atoms with Gasteiger partial charge in [-0.2, -0.15) is 0 Å². The molecule has 1 aromatic carbocycles. The van der Waals surface area contributed by atoms with Crippen molar-refractivity contribution < 1.29 is 0 Å². The highest BCUT2D eigenvalue weighted by atomic mass is 79.9. The predicted molar refractivity (Wildman–Crippen MR) is 70.0 cm³/mol. The van der Waals surface area contributed by atoms with Crippen molar-refractivity contribution in [1.82, 2.24) is 5.32 Å². The van der Waals surface area contributed by atoms with Crippen molar-refractivity contribution in [2.24, 2.45) is 5.92 Å². The van der Waals surface area contributed by atoms with Gasteiger partial charge in [-0.05, 0) is 37.1 Å². The zero-order valence-corrected chi connectivity index (χ0v) is 11.3. The Kier molecular flexibility index (Phi) is 5.34. The molecule has 0 bridgehead atoms. The normalized spacial score (nSPS) is 14.9. The van der Waals surface area contributed by atoms with Crippen molar-refractivity contribution in [2.45, 2.75) is 33.2 Å². The van der Waals surface area contributed by atoms with Crippen LogP contribution in [0, 0.1) is 5.92 Å². The van der Waals surface area contributed by atoms with Gasteiger partial charge >= 0.3 is 0 Å². The molecule has 2 unspecified atom stereocenters. The molecular formula is C13H20BrN. The molecule has 0 aliphatic carbocycles. The van der Waals surface area contributed by atoms with E-state index in [9.17, 15) is 0 Å². The van der Waals surface area contributed by atoms with Gasteiger partial charge in [-0.3, -0.25) is 0 Å². The Morgan fingerprint density at radius 1 is 1.33 bits per heavy atom. The third-order valence-electron chi connectivity index (χ3n) is 2.82. The minimum Gasteiger partial charge on any atom is -0.310 e. The standard InChI is InChI=1S/C13H20BrN/c1-4-10(2)9-15-11(3)12-6-5-7-13(14)8-12/h5-8,10-11,15H,4,9H2,1-3H3. The molecule has 0 aromatic heterocycles. The van der Waals surface area contributed by atoms with E-state index in [-0.39, 0.29) is 0 Å². The van der Waals surface area contributed by atoms with Gasteiger partial charge in [-0.1, -0.05) is 48.3 Å². The highest BCUT2D eigenvalue weighted by molar-refractivity contribution is 9.10. The summed E-state index contributed by atoms with van der Waals surface area (Å²) >= 11 is 3.50. The first kappa shape index (κ1) is 12.7. The molecule has 0 aliphatic rings. The van der Waals surface area contributed by atoms with Gasteiger partial charge in [0, 0.05) is 10.5 Å². The lowest BCUT2D eigenvalue weighted by atomic mass is 10.1. The topological polar surface area (TPSA) is 12.0 Å². The molecule has 84 valence electrons. The lowest BCUT2D eigenvalue weighted by molar-refractivity contribution is 0.461. The third-order valence-corrected chi connectivity index (χ3v) is 3.31. The van der Waals surface area contributed by atoms with Crippen LogP contribution in [0.15, 0.2) is 28.7 Å². The maximum atomic E-state index is 3.56. The summed E-state index contributed by atoms with van der Waals surface area (Å²) in [4.78, 5) is 0. The molecule has 2 atom stereocenters. The summed E-state index contributed by atoms with van der Waals surface area (Å²) in [6.07, 6.45) is 1.23. The summed E-state index contributed by atoms with van der Waals surface area (Å²) in [6.45, 7) is 7.81. The van der Waals surface area contributed by atoms with Crippen LogP contribution in [0.2, 0.25) is 0 Å². The Bertz CT molecular complexity index is 298. The fourth-order valence-corrected chi connectivity index (χ4v) is 1.83. The lowest BCUT2D eigenvalue weighted by Gasteiger charge is -2.17. The summed E-state index contributed by atoms with van der Waals surface area (Å²) in [5, 5.41) is 3.56. The van der Waals surface area contributed by atoms with Crippen molar-refractivity contribution in [3.05, 3.63) is 34.3 Å². The van der Waals surface area contributed by atoms with E-state index in [4.69, 9.17) is 0 Å². The first-order valence-electron chi connectivity index (χ1n) is 5.62. The predicted octanol–water partition coefficient (Wildman–Crippen LogP) is 4.15. The summed E-state index contributed by atoms with van der Waals surface area (Å²) in [5.74, 6) is 0.750. The van der Waals surface area contributed by atoms with Gasteiger partial charge in [0.2, 0.25) is 0 Å². The van der Waals surface area contributed by atoms with E-state index < -0.39 is 0 Å². The fraction of sp³-hybridized carbons (Fsp3) is 0.538. The molecule has 15 heavy (non-hydrogen) atoms. The Labute approximate surface area is 101 Å². The van der Waals surface area contributed by atoms with Crippen LogP contribution in [-0.4, -0.2) is 6.54 Å². The van der Waals surface area contributed by atoms with Crippen LogP contribution in [0.1, 0.15) is 38.8 Å². The van der Waals surface area contributed by atoms with E-state index >= 15 is 0 Å².